The molecular formula is C15H15BrFNO. The van der Waals surface area contributed by atoms with Gasteiger partial charge in [-0.2, -0.15) is 0 Å². The van der Waals surface area contributed by atoms with E-state index in [4.69, 9.17) is 10.5 Å². The molecule has 0 aromatic heterocycles. The number of hydrogen-bond donors (Lipinski definition) is 1. The number of ether oxygens (including phenoxy) is 1. The number of hydrogen-bond acceptors (Lipinski definition) is 2. The lowest BCUT2D eigenvalue weighted by Crippen LogP contribution is -2.01. The summed E-state index contributed by atoms with van der Waals surface area (Å²) in [6.07, 6.45) is 0. The van der Waals surface area contributed by atoms with E-state index in [1.54, 1.807) is 0 Å². The van der Waals surface area contributed by atoms with Gasteiger partial charge >= 0.3 is 0 Å². The molecule has 19 heavy (non-hydrogen) atoms. The van der Waals surface area contributed by atoms with Crippen molar-refractivity contribution in [3.8, 4) is 5.75 Å². The van der Waals surface area contributed by atoms with Crippen molar-refractivity contribution in [2.45, 2.75) is 20.5 Å². The van der Waals surface area contributed by atoms with Crippen LogP contribution in [-0.2, 0) is 6.61 Å². The van der Waals surface area contributed by atoms with Crippen molar-refractivity contribution in [2.24, 2.45) is 0 Å². The molecule has 0 aliphatic carbocycles. The first-order valence-corrected chi connectivity index (χ1v) is 6.69. The molecule has 0 radical (unpaired) electrons. The summed E-state index contributed by atoms with van der Waals surface area (Å²) in [5, 5.41) is 0. The Hall–Kier alpha value is -1.55. The lowest BCUT2D eigenvalue weighted by Gasteiger charge is -2.12. The lowest BCUT2D eigenvalue weighted by atomic mass is 10.1. The Balaban J connectivity index is 2.19. The molecule has 2 nitrogen and oxygen atoms in total. The summed E-state index contributed by atoms with van der Waals surface area (Å²) in [7, 11) is 0. The van der Waals surface area contributed by atoms with Gasteiger partial charge in [0.2, 0.25) is 0 Å². The molecule has 2 aromatic carbocycles. The Bertz CT molecular complexity index is 570. The summed E-state index contributed by atoms with van der Waals surface area (Å²) in [5.41, 5.74) is 9.47. The maximum Gasteiger partial charge on any atom is 0.157 e. The molecule has 0 bridgehead atoms. The predicted molar refractivity (Wildman–Crippen MR) is 78.8 cm³/mol. The Morgan fingerprint density at radius 3 is 2.32 bits per heavy atom. The summed E-state index contributed by atoms with van der Waals surface area (Å²) in [4.78, 5) is 0. The van der Waals surface area contributed by atoms with Gasteiger partial charge in [0.25, 0.3) is 0 Å². The van der Waals surface area contributed by atoms with Gasteiger partial charge in [-0.15, -0.1) is 0 Å². The molecule has 0 atom stereocenters. The fourth-order valence-corrected chi connectivity index (χ4v) is 2.60. The first-order chi connectivity index (χ1) is 8.95. The van der Waals surface area contributed by atoms with Crippen molar-refractivity contribution in [2.75, 3.05) is 5.73 Å². The topological polar surface area (TPSA) is 35.2 Å². The highest BCUT2D eigenvalue weighted by atomic mass is 79.9. The second-order valence-electron chi connectivity index (χ2n) is 4.59. The van der Waals surface area contributed by atoms with Crippen LogP contribution in [0.4, 0.5) is 10.1 Å². The van der Waals surface area contributed by atoms with Gasteiger partial charge in [-0.3, -0.25) is 0 Å². The summed E-state index contributed by atoms with van der Waals surface area (Å²) in [6, 6.07) is 8.81. The lowest BCUT2D eigenvalue weighted by molar-refractivity contribution is 0.305. The van der Waals surface area contributed by atoms with Crippen molar-refractivity contribution in [1.82, 2.24) is 0 Å². The van der Waals surface area contributed by atoms with E-state index >= 15 is 0 Å². The molecule has 4 heteroatoms. The van der Waals surface area contributed by atoms with Gasteiger partial charge < -0.3 is 10.5 Å². The molecule has 100 valence electrons. The van der Waals surface area contributed by atoms with Crippen molar-refractivity contribution in [1.29, 1.82) is 0 Å². The highest BCUT2D eigenvalue weighted by Gasteiger charge is 2.09. The van der Waals surface area contributed by atoms with E-state index in [0.29, 0.717) is 16.8 Å². The van der Waals surface area contributed by atoms with Gasteiger partial charge in [-0.05, 0) is 41.4 Å². The van der Waals surface area contributed by atoms with E-state index in [1.807, 2.05) is 13.8 Å². The number of nitrogen functional groups attached to an aromatic ring is 1. The maximum atomic E-state index is 13.1. The standard InChI is InChI=1S/C15H15BrFNO/c1-9-3-10(2)5-11(4-9)8-19-15-13(16)6-12(17)7-14(15)18/h3-7H,8,18H2,1-2H3. The van der Waals surface area contributed by atoms with Crippen LogP contribution in [0.3, 0.4) is 0 Å². The average molecular weight is 324 g/mol. The number of anilines is 1. The SMILES string of the molecule is Cc1cc(C)cc(COc2c(N)cc(F)cc2Br)c1. The summed E-state index contributed by atoms with van der Waals surface area (Å²) < 4.78 is 19.3. The molecule has 0 saturated heterocycles. The third kappa shape index (κ3) is 3.47. The Morgan fingerprint density at radius 2 is 1.74 bits per heavy atom. The summed E-state index contributed by atoms with van der Waals surface area (Å²) >= 11 is 3.26. The highest BCUT2D eigenvalue weighted by molar-refractivity contribution is 9.10. The Kier molecular flexibility index (Phi) is 4.10. The minimum Gasteiger partial charge on any atom is -0.486 e. The molecule has 0 aliphatic rings. The van der Waals surface area contributed by atoms with Crippen LogP contribution in [-0.4, -0.2) is 0 Å². The van der Waals surface area contributed by atoms with Crippen LogP contribution >= 0.6 is 15.9 Å². The monoisotopic (exact) mass is 323 g/mol. The summed E-state index contributed by atoms with van der Waals surface area (Å²) in [5.74, 6) is 0.0867. The fraction of sp³-hybridized carbons (Fsp3) is 0.200. The van der Waals surface area contributed by atoms with Crippen molar-refractivity contribution in [3.05, 3.63) is 57.3 Å². The third-order valence-electron chi connectivity index (χ3n) is 2.70. The fourth-order valence-electron chi connectivity index (χ4n) is 2.04. The molecule has 0 saturated carbocycles. The molecule has 0 spiro atoms. The largest absolute Gasteiger partial charge is 0.486 e. The van der Waals surface area contributed by atoms with Gasteiger partial charge in [0.15, 0.2) is 5.75 Å². The molecule has 2 N–H and O–H groups in total. The first kappa shape index (κ1) is 13.9. The highest BCUT2D eigenvalue weighted by Crippen LogP contribution is 2.33. The molecule has 0 heterocycles. The Morgan fingerprint density at radius 1 is 1.11 bits per heavy atom. The molecule has 0 aliphatic heterocycles. The van der Waals surface area contributed by atoms with Crippen LogP contribution in [0, 0.1) is 19.7 Å². The molecule has 0 amide bonds. The zero-order valence-corrected chi connectivity index (χ0v) is 12.4. The van der Waals surface area contributed by atoms with Gasteiger partial charge in [-0.25, -0.2) is 4.39 Å². The van der Waals surface area contributed by atoms with Crippen LogP contribution in [0.25, 0.3) is 0 Å². The summed E-state index contributed by atoms with van der Waals surface area (Å²) in [6.45, 7) is 4.48. The number of rotatable bonds is 3. The minimum absolute atomic E-state index is 0.288. The van der Waals surface area contributed by atoms with E-state index in [-0.39, 0.29) is 11.5 Å². The smallest absolute Gasteiger partial charge is 0.157 e. The first-order valence-electron chi connectivity index (χ1n) is 5.90. The number of aryl methyl sites for hydroxylation is 2. The zero-order chi connectivity index (χ0) is 14.0. The van der Waals surface area contributed by atoms with Crippen LogP contribution in [0.15, 0.2) is 34.8 Å². The molecule has 2 aromatic rings. The normalized spacial score (nSPS) is 10.5. The third-order valence-corrected chi connectivity index (χ3v) is 3.29. The molecule has 0 fully saturated rings. The number of nitrogens with two attached hydrogens (primary N) is 1. The van der Waals surface area contributed by atoms with Crippen LogP contribution < -0.4 is 10.5 Å². The van der Waals surface area contributed by atoms with Crippen LogP contribution in [0.5, 0.6) is 5.75 Å². The quantitative estimate of drug-likeness (QED) is 0.851. The van der Waals surface area contributed by atoms with E-state index < -0.39 is 0 Å². The average Bonchev–Trinajstić information content (AvgIpc) is 2.25. The van der Waals surface area contributed by atoms with Gasteiger partial charge in [0, 0.05) is 6.07 Å². The van der Waals surface area contributed by atoms with Crippen LogP contribution in [0.1, 0.15) is 16.7 Å². The predicted octanol–water partition coefficient (Wildman–Crippen LogP) is 4.37. The maximum absolute atomic E-state index is 13.1. The second-order valence-corrected chi connectivity index (χ2v) is 5.44. The molecular weight excluding hydrogens is 309 g/mol. The van der Waals surface area contributed by atoms with Crippen molar-refractivity contribution < 1.29 is 9.13 Å². The van der Waals surface area contributed by atoms with Gasteiger partial charge in [-0.1, -0.05) is 29.3 Å². The number of benzene rings is 2. The van der Waals surface area contributed by atoms with Crippen molar-refractivity contribution >= 4 is 21.6 Å². The van der Waals surface area contributed by atoms with E-state index in [9.17, 15) is 4.39 Å². The van der Waals surface area contributed by atoms with E-state index in [0.717, 1.165) is 5.56 Å². The molecule has 0 unspecified atom stereocenters. The van der Waals surface area contributed by atoms with Crippen molar-refractivity contribution in [3.63, 3.8) is 0 Å². The zero-order valence-electron chi connectivity index (χ0n) is 10.8. The Labute approximate surface area is 120 Å². The van der Waals surface area contributed by atoms with Crippen LogP contribution in [0.2, 0.25) is 0 Å². The van der Waals surface area contributed by atoms with E-state index in [1.165, 1.54) is 23.3 Å². The van der Waals surface area contributed by atoms with Gasteiger partial charge in [0.05, 0.1) is 10.2 Å². The second kappa shape index (κ2) is 5.61. The minimum atomic E-state index is -0.386. The molecule has 2 rings (SSSR count). The van der Waals surface area contributed by atoms with Gasteiger partial charge in [0.1, 0.15) is 12.4 Å². The number of halogens is 2. The van der Waals surface area contributed by atoms with E-state index in [2.05, 4.69) is 34.1 Å².